The molecule has 2 aromatic heterocycles. The molecule has 0 aliphatic carbocycles. The van der Waals surface area contributed by atoms with Crippen LogP contribution in [0.2, 0.25) is 0 Å². The van der Waals surface area contributed by atoms with Crippen molar-refractivity contribution in [1.82, 2.24) is 19.9 Å². The maximum absolute atomic E-state index is 13.1. The van der Waals surface area contributed by atoms with Gasteiger partial charge < -0.3 is 15.2 Å². The maximum Gasteiger partial charge on any atom is 0.264 e. The molecule has 0 aliphatic rings. The summed E-state index contributed by atoms with van der Waals surface area (Å²) in [5.41, 5.74) is 1.62. The van der Waals surface area contributed by atoms with E-state index in [0.717, 1.165) is 5.56 Å². The molecule has 0 spiro atoms. The van der Waals surface area contributed by atoms with Gasteiger partial charge in [0.15, 0.2) is 0 Å². The third-order valence-electron chi connectivity index (χ3n) is 4.50. The van der Waals surface area contributed by atoms with E-state index in [0.29, 0.717) is 22.1 Å². The highest BCUT2D eigenvalue weighted by atomic mass is 32.2. The predicted molar refractivity (Wildman–Crippen MR) is 122 cm³/mol. The summed E-state index contributed by atoms with van der Waals surface area (Å²) in [5, 5.41) is 14.4. The maximum atomic E-state index is 13.1. The highest BCUT2D eigenvalue weighted by molar-refractivity contribution is 7.98. The van der Waals surface area contributed by atoms with Gasteiger partial charge in [0.25, 0.3) is 5.89 Å². The van der Waals surface area contributed by atoms with Crippen LogP contribution in [0.5, 0.6) is 0 Å². The third-order valence-corrected chi connectivity index (χ3v) is 5.17. The average molecular weight is 466 g/mol. The zero-order chi connectivity index (χ0) is 23.4. The molecule has 0 radical (unpaired) electrons. The van der Waals surface area contributed by atoms with Crippen LogP contribution in [-0.2, 0) is 16.1 Å². The minimum Gasteiger partial charge on any atom is -0.333 e. The Kier molecular flexibility index (Phi) is 6.50. The minimum absolute atomic E-state index is 0.159. The van der Waals surface area contributed by atoms with Gasteiger partial charge >= 0.3 is 0 Å². The molecule has 0 atom stereocenters. The van der Waals surface area contributed by atoms with E-state index in [2.05, 4.69) is 25.9 Å². The van der Waals surface area contributed by atoms with Crippen molar-refractivity contribution in [2.24, 2.45) is 0 Å². The molecule has 9 nitrogen and oxygen atoms in total. The molecule has 168 valence electrons. The van der Waals surface area contributed by atoms with E-state index in [4.69, 9.17) is 4.52 Å². The topological polar surface area (TPSA) is 115 Å². The zero-order valence-corrected chi connectivity index (χ0v) is 18.5. The number of anilines is 2. The second-order valence-electron chi connectivity index (χ2n) is 6.92. The second kappa shape index (κ2) is 9.65. The van der Waals surface area contributed by atoms with Crippen LogP contribution in [0, 0.1) is 5.82 Å². The lowest BCUT2D eigenvalue weighted by molar-refractivity contribution is -0.117. The monoisotopic (exact) mass is 466 g/mol. The van der Waals surface area contributed by atoms with Gasteiger partial charge in [-0.15, -0.1) is 11.8 Å². The number of halogens is 1. The molecular formula is C22H19FN6O3S. The van der Waals surface area contributed by atoms with Crippen molar-refractivity contribution in [2.75, 3.05) is 16.9 Å². The van der Waals surface area contributed by atoms with E-state index in [1.54, 1.807) is 6.26 Å². The molecule has 0 saturated carbocycles. The van der Waals surface area contributed by atoms with Gasteiger partial charge in [-0.25, -0.2) is 9.07 Å². The number of carbonyl (C=O) groups excluding carboxylic acids is 2. The molecule has 0 saturated heterocycles. The zero-order valence-electron chi connectivity index (χ0n) is 17.7. The Morgan fingerprint density at radius 1 is 1.09 bits per heavy atom. The molecule has 4 aromatic rings. The van der Waals surface area contributed by atoms with Crippen LogP contribution in [0.4, 0.5) is 15.9 Å². The van der Waals surface area contributed by atoms with E-state index in [1.165, 1.54) is 47.6 Å². The third kappa shape index (κ3) is 5.09. The smallest absolute Gasteiger partial charge is 0.264 e. The summed E-state index contributed by atoms with van der Waals surface area (Å²) in [6.07, 6.45) is 1.81. The van der Waals surface area contributed by atoms with E-state index in [9.17, 15) is 14.0 Å². The Morgan fingerprint density at radius 2 is 1.82 bits per heavy atom. The number of benzene rings is 2. The molecule has 33 heavy (non-hydrogen) atoms. The molecule has 0 aliphatic heterocycles. The molecule has 2 aromatic carbocycles. The molecule has 0 bridgehead atoms. The van der Waals surface area contributed by atoms with Gasteiger partial charge in [0, 0.05) is 18.2 Å². The Labute approximate surface area is 192 Å². The SMILES string of the molecule is CSc1nn(CC(=O)Nc2ccc(F)cc2)c(NC(C)=O)c1-c1nc(-c2ccccc2)no1. The van der Waals surface area contributed by atoms with Crippen LogP contribution in [0.25, 0.3) is 22.8 Å². The standard InChI is InChI=1S/C22H19FN6O3S/c1-13(30)24-20-18(21-26-19(28-32-21)14-6-4-3-5-7-14)22(33-2)27-29(20)12-17(31)25-16-10-8-15(23)9-11-16/h3-11H,12H2,1-2H3,(H,24,30)(H,25,31). The first-order chi connectivity index (χ1) is 15.9. The Balaban J connectivity index is 1.67. The predicted octanol–water partition coefficient (Wildman–Crippen LogP) is 4.06. The largest absolute Gasteiger partial charge is 0.333 e. The van der Waals surface area contributed by atoms with Crippen LogP contribution >= 0.6 is 11.8 Å². The minimum atomic E-state index is -0.412. The average Bonchev–Trinajstić information content (AvgIpc) is 3.40. The second-order valence-corrected chi connectivity index (χ2v) is 7.71. The fraction of sp³-hybridized carbons (Fsp3) is 0.136. The van der Waals surface area contributed by atoms with Gasteiger partial charge in [0.05, 0.1) is 0 Å². The van der Waals surface area contributed by atoms with E-state index in [-0.39, 0.29) is 24.2 Å². The van der Waals surface area contributed by atoms with Crippen molar-refractivity contribution in [3.8, 4) is 22.8 Å². The highest BCUT2D eigenvalue weighted by Crippen LogP contribution is 2.36. The fourth-order valence-corrected chi connectivity index (χ4v) is 3.65. The Hall–Kier alpha value is -3.99. The first-order valence-electron chi connectivity index (χ1n) is 9.82. The number of thioether (sulfide) groups is 1. The number of hydrogen-bond acceptors (Lipinski definition) is 7. The number of aromatic nitrogens is 4. The lowest BCUT2D eigenvalue weighted by Gasteiger charge is -2.09. The quantitative estimate of drug-likeness (QED) is 0.395. The number of amides is 2. The Morgan fingerprint density at radius 3 is 2.48 bits per heavy atom. The van der Waals surface area contributed by atoms with Gasteiger partial charge in [-0.1, -0.05) is 35.5 Å². The lowest BCUT2D eigenvalue weighted by atomic mass is 10.2. The molecule has 2 heterocycles. The number of nitrogens with zero attached hydrogens (tertiary/aromatic N) is 4. The number of nitrogens with one attached hydrogen (secondary N) is 2. The molecule has 2 amide bonds. The molecular weight excluding hydrogens is 447 g/mol. The van der Waals surface area contributed by atoms with Crippen LogP contribution in [0.1, 0.15) is 6.92 Å². The van der Waals surface area contributed by atoms with Crippen molar-refractivity contribution in [1.29, 1.82) is 0 Å². The van der Waals surface area contributed by atoms with Crippen LogP contribution < -0.4 is 10.6 Å². The van der Waals surface area contributed by atoms with Gasteiger partial charge in [-0.2, -0.15) is 10.1 Å². The van der Waals surface area contributed by atoms with E-state index < -0.39 is 11.7 Å². The number of hydrogen-bond donors (Lipinski definition) is 2. The summed E-state index contributed by atoms with van der Waals surface area (Å²) in [5.74, 6) is -0.376. The molecule has 2 N–H and O–H groups in total. The molecule has 0 unspecified atom stereocenters. The summed E-state index contributed by atoms with van der Waals surface area (Å²) in [4.78, 5) is 29.0. The lowest BCUT2D eigenvalue weighted by Crippen LogP contribution is -2.22. The highest BCUT2D eigenvalue weighted by Gasteiger charge is 2.26. The first kappa shape index (κ1) is 22.2. The summed E-state index contributed by atoms with van der Waals surface area (Å²) in [7, 11) is 0. The van der Waals surface area contributed by atoms with Crippen LogP contribution in [0.3, 0.4) is 0 Å². The molecule has 0 fully saturated rings. The van der Waals surface area contributed by atoms with Crippen LogP contribution in [0.15, 0.2) is 64.1 Å². The van der Waals surface area contributed by atoms with Gasteiger partial charge in [0.1, 0.15) is 28.8 Å². The van der Waals surface area contributed by atoms with Crippen molar-refractivity contribution in [3.63, 3.8) is 0 Å². The van der Waals surface area contributed by atoms with Gasteiger partial charge in [-0.3, -0.25) is 9.59 Å². The number of carbonyl (C=O) groups is 2. The van der Waals surface area contributed by atoms with Crippen molar-refractivity contribution >= 4 is 35.1 Å². The fourth-order valence-electron chi connectivity index (χ4n) is 3.08. The molecule has 4 rings (SSSR count). The summed E-state index contributed by atoms with van der Waals surface area (Å²) < 4.78 is 19.9. The summed E-state index contributed by atoms with van der Waals surface area (Å²) in [6.45, 7) is 1.14. The van der Waals surface area contributed by atoms with Gasteiger partial charge in [0.2, 0.25) is 17.6 Å². The van der Waals surface area contributed by atoms with Crippen molar-refractivity contribution < 1.29 is 18.5 Å². The first-order valence-corrected chi connectivity index (χ1v) is 11.0. The normalized spacial score (nSPS) is 10.8. The van der Waals surface area contributed by atoms with Crippen molar-refractivity contribution in [3.05, 3.63) is 60.4 Å². The Bertz CT molecular complexity index is 1290. The molecule has 11 heteroatoms. The van der Waals surface area contributed by atoms with E-state index in [1.807, 2.05) is 30.3 Å². The number of rotatable bonds is 7. The van der Waals surface area contributed by atoms with Crippen molar-refractivity contribution in [2.45, 2.75) is 18.5 Å². The van der Waals surface area contributed by atoms with E-state index >= 15 is 0 Å². The van der Waals surface area contributed by atoms with Gasteiger partial charge in [-0.05, 0) is 30.5 Å². The summed E-state index contributed by atoms with van der Waals surface area (Å²) >= 11 is 1.31. The summed E-state index contributed by atoms with van der Waals surface area (Å²) in [6, 6.07) is 14.7. The van der Waals surface area contributed by atoms with Crippen LogP contribution in [-0.4, -0.2) is 38.0 Å².